The molecule has 0 amide bonds. The summed E-state index contributed by atoms with van der Waals surface area (Å²) in [5.41, 5.74) is 15.2. The van der Waals surface area contributed by atoms with Crippen molar-refractivity contribution in [3.63, 3.8) is 0 Å². The summed E-state index contributed by atoms with van der Waals surface area (Å²) in [5.74, 6) is 0. The Morgan fingerprint density at radius 1 is 0.225 bits per heavy atom. The van der Waals surface area contributed by atoms with Gasteiger partial charge < -0.3 is 0 Å². The van der Waals surface area contributed by atoms with E-state index < -0.39 is 0 Å². The van der Waals surface area contributed by atoms with Gasteiger partial charge in [-0.25, -0.2) is 0 Å². The molecule has 0 heteroatoms. The average Bonchev–Trinajstić information content (AvgIpc) is 3.36. The highest BCUT2D eigenvalue weighted by Gasteiger charge is 2.21. The molecule has 0 saturated heterocycles. The predicted octanol–water partition coefficient (Wildman–Crippen LogP) is 11.2. The van der Waals surface area contributed by atoms with E-state index in [-0.39, 0.29) is 0 Å². The summed E-state index contributed by atoms with van der Waals surface area (Å²) in [7, 11) is 0. The maximum Gasteiger partial charge on any atom is -0.00259 e. The second kappa shape index (κ2) is 9.22. The molecular weight excluding hydrogens is 480 g/mol. The van der Waals surface area contributed by atoms with E-state index in [4.69, 9.17) is 0 Å². The molecule has 8 rings (SSSR count). The molecule has 1 aliphatic rings. The molecular formula is C40H26. The Kier molecular flexibility index (Phi) is 5.24. The van der Waals surface area contributed by atoms with Gasteiger partial charge in [0.1, 0.15) is 0 Å². The number of benzene rings is 7. The third kappa shape index (κ3) is 3.77. The minimum absolute atomic E-state index is 1.22. The van der Waals surface area contributed by atoms with Crippen molar-refractivity contribution in [2.24, 2.45) is 0 Å². The SMILES string of the molecule is c1ccc(-c2cc(-c3ccccc3)cc(-c3ccc(-c4cc5c6c(cccc6c4)-c4ccccc4-5)cc3)c2)cc1. The third-order valence-corrected chi connectivity index (χ3v) is 8.18. The quantitative estimate of drug-likeness (QED) is 0.223. The molecule has 0 bridgehead atoms. The van der Waals surface area contributed by atoms with Crippen molar-refractivity contribution < 1.29 is 0 Å². The van der Waals surface area contributed by atoms with Gasteiger partial charge in [0.2, 0.25) is 0 Å². The summed E-state index contributed by atoms with van der Waals surface area (Å²) in [5, 5.41) is 2.67. The zero-order valence-corrected chi connectivity index (χ0v) is 22.0. The summed E-state index contributed by atoms with van der Waals surface area (Å²) in [6, 6.07) is 57.5. The van der Waals surface area contributed by atoms with E-state index >= 15 is 0 Å². The molecule has 0 spiro atoms. The first kappa shape index (κ1) is 22.8. The highest BCUT2D eigenvalue weighted by molar-refractivity contribution is 6.16. The molecule has 0 radical (unpaired) electrons. The normalized spacial score (nSPS) is 11.5. The number of rotatable bonds is 4. The van der Waals surface area contributed by atoms with Gasteiger partial charge in [-0.05, 0) is 108 Å². The van der Waals surface area contributed by atoms with Crippen LogP contribution < -0.4 is 0 Å². The molecule has 0 atom stereocenters. The van der Waals surface area contributed by atoms with Gasteiger partial charge in [0.15, 0.2) is 0 Å². The number of fused-ring (bicyclic) bond motifs is 3. The molecule has 0 nitrogen and oxygen atoms in total. The van der Waals surface area contributed by atoms with Crippen LogP contribution >= 0.6 is 0 Å². The molecule has 40 heavy (non-hydrogen) atoms. The van der Waals surface area contributed by atoms with Crippen molar-refractivity contribution in [1.82, 2.24) is 0 Å². The van der Waals surface area contributed by atoms with Gasteiger partial charge in [-0.15, -0.1) is 0 Å². The predicted molar refractivity (Wildman–Crippen MR) is 170 cm³/mol. The van der Waals surface area contributed by atoms with Crippen molar-refractivity contribution in [3.05, 3.63) is 158 Å². The molecule has 7 aromatic rings. The molecule has 186 valence electrons. The van der Waals surface area contributed by atoms with Gasteiger partial charge in [0.25, 0.3) is 0 Å². The van der Waals surface area contributed by atoms with Crippen LogP contribution in [0.5, 0.6) is 0 Å². The smallest absolute Gasteiger partial charge is 0.00259 e. The van der Waals surface area contributed by atoms with Crippen LogP contribution in [-0.4, -0.2) is 0 Å². The Balaban J connectivity index is 1.22. The first-order chi connectivity index (χ1) is 19.8. The lowest BCUT2D eigenvalue weighted by molar-refractivity contribution is 1.56. The largest absolute Gasteiger partial charge is 0.0622 e. The monoisotopic (exact) mass is 506 g/mol. The van der Waals surface area contributed by atoms with E-state index in [9.17, 15) is 0 Å². The van der Waals surface area contributed by atoms with Gasteiger partial charge in [-0.1, -0.05) is 127 Å². The van der Waals surface area contributed by atoms with Crippen LogP contribution in [0.1, 0.15) is 0 Å². The van der Waals surface area contributed by atoms with Crippen LogP contribution in [0.2, 0.25) is 0 Å². The van der Waals surface area contributed by atoms with Crippen molar-refractivity contribution in [2.45, 2.75) is 0 Å². The van der Waals surface area contributed by atoms with Crippen molar-refractivity contribution >= 4 is 10.8 Å². The number of hydrogen-bond acceptors (Lipinski definition) is 0. The molecule has 7 aromatic carbocycles. The van der Waals surface area contributed by atoms with E-state index in [0.717, 1.165) is 0 Å². The van der Waals surface area contributed by atoms with Gasteiger partial charge >= 0.3 is 0 Å². The van der Waals surface area contributed by atoms with Crippen LogP contribution in [-0.2, 0) is 0 Å². The lowest BCUT2D eigenvalue weighted by atomic mass is 9.92. The summed E-state index contributed by atoms with van der Waals surface area (Å²) >= 11 is 0. The average molecular weight is 507 g/mol. The van der Waals surface area contributed by atoms with E-state index in [1.165, 1.54) is 77.5 Å². The molecule has 0 aromatic heterocycles. The van der Waals surface area contributed by atoms with Crippen LogP contribution in [0.15, 0.2) is 158 Å². The zero-order chi connectivity index (χ0) is 26.5. The highest BCUT2D eigenvalue weighted by Crippen LogP contribution is 2.48. The molecule has 0 N–H and O–H groups in total. The summed E-state index contributed by atoms with van der Waals surface area (Å²) in [6.45, 7) is 0. The Labute approximate surface area is 234 Å². The maximum absolute atomic E-state index is 2.37. The van der Waals surface area contributed by atoms with Crippen LogP contribution in [0.4, 0.5) is 0 Å². The van der Waals surface area contributed by atoms with E-state index in [1.807, 2.05) is 0 Å². The van der Waals surface area contributed by atoms with Crippen molar-refractivity contribution in [2.75, 3.05) is 0 Å². The summed E-state index contributed by atoms with van der Waals surface area (Å²) < 4.78 is 0. The first-order valence-corrected chi connectivity index (χ1v) is 13.9. The van der Waals surface area contributed by atoms with Gasteiger partial charge in [0, 0.05) is 0 Å². The first-order valence-electron chi connectivity index (χ1n) is 13.9. The van der Waals surface area contributed by atoms with Gasteiger partial charge in [-0.3, -0.25) is 0 Å². The fourth-order valence-electron chi connectivity index (χ4n) is 6.23. The van der Waals surface area contributed by atoms with Crippen molar-refractivity contribution in [1.29, 1.82) is 0 Å². The lowest BCUT2D eigenvalue weighted by Gasteiger charge is -2.12. The Morgan fingerprint density at radius 2 is 0.650 bits per heavy atom. The molecule has 0 aliphatic heterocycles. The van der Waals surface area contributed by atoms with E-state index in [0.29, 0.717) is 0 Å². The highest BCUT2D eigenvalue weighted by atomic mass is 14.2. The fraction of sp³-hybridized carbons (Fsp3) is 0. The Bertz CT molecular complexity index is 1960. The van der Waals surface area contributed by atoms with Crippen LogP contribution in [0.3, 0.4) is 0 Å². The van der Waals surface area contributed by atoms with E-state index in [2.05, 4.69) is 158 Å². The second-order valence-electron chi connectivity index (χ2n) is 10.6. The second-order valence-corrected chi connectivity index (χ2v) is 10.6. The Hall–Kier alpha value is -5.20. The van der Waals surface area contributed by atoms with Gasteiger partial charge in [-0.2, -0.15) is 0 Å². The standard InChI is InChI=1S/C40H26/c1-3-10-27(11-4-1)32-23-33(28-12-5-2-6-13-28)25-34(24-32)29-18-20-30(21-19-29)35-22-31-14-9-17-38-36-15-7-8-16-37(36)39(26-35)40(31)38/h1-26H. The fourth-order valence-corrected chi connectivity index (χ4v) is 6.23. The van der Waals surface area contributed by atoms with Crippen LogP contribution in [0.25, 0.3) is 77.5 Å². The Morgan fingerprint density at radius 3 is 1.20 bits per heavy atom. The minimum Gasteiger partial charge on any atom is -0.0622 e. The molecule has 0 fully saturated rings. The number of hydrogen-bond donors (Lipinski definition) is 0. The molecule has 0 heterocycles. The minimum atomic E-state index is 1.22. The van der Waals surface area contributed by atoms with E-state index in [1.54, 1.807) is 0 Å². The third-order valence-electron chi connectivity index (χ3n) is 8.18. The molecule has 1 aliphatic carbocycles. The zero-order valence-electron chi connectivity index (χ0n) is 22.0. The summed E-state index contributed by atoms with van der Waals surface area (Å²) in [4.78, 5) is 0. The lowest BCUT2D eigenvalue weighted by Crippen LogP contribution is -1.87. The topological polar surface area (TPSA) is 0 Å². The van der Waals surface area contributed by atoms with Crippen LogP contribution in [0, 0.1) is 0 Å². The molecule has 0 saturated carbocycles. The molecule has 0 unspecified atom stereocenters. The summed E-state index contributed by atoms with van der Waals surface area (Å²) in [6.07, 6.45) is 0. The van der Waals surface area contributed by atoms with Gasteiger partial charge in [0.05, 0.1) is 0 Å². The maximum atomic E-state index is 2.37. The van der Waals surface area contributed by atoms with Crippen molar-refractivity contribution in [3.8, 4) is 66.8 Å².